The average Bonchev–Trinajstić information content (AvgIpc) is 2.86. The van der Waals surface area contributed by atoms with Gasteiger partial charge in [0.2, 0.25) is 17.8 Å². The van der Waals surface area contributed by atoms with Gasteiger partial charge in [-0.15, -0.1) is 0 Å². The molecule has 0 saturated heterocycles. The molecule has 0 fully saturated rings. The van der Waals surface area contributed by atoms with E-state index in [-0.39, 0.29) is 23.8 Å². The van der Waals surface area contributed by atoms with E-state index in [4.69, 9.17) is 4.74 Å². The highest BCUT2D eigenvalue weighted by Crippen LogP contribution is 2.30. The number of nitrogens with zero attached hydrogens (tertiary/aromatic N) is 1. The second-order valence-electron chi connectivity index (χ2n) is 8.40. The van der Waals surface area contributed by atoms with Crippen molar-refractivity contribution in [3.63, 3.8) is 0 Å². The Morgan fingerprint density at radius 2 is 1.58 bits per heavy atom. The van der Waals surface area contributed by atoms with Crippen molar-refractivity contribution in [3.8, 4) is 11.5 Å². The quantitative estimate of drug-likeness (QED) is 0.317. The number of carbonyl (C=O) groups is 2. The van der Waals surface area contributed by atoms with E-state index in [0.717, 1.165) is 11.3 Å². The minimum atomic E-state index is -0.987. The number of benzene rings is 3. The molecular formula is C27H23N5O4. The molecule has 9 heteroatoms. The lowest BCUT2D eigenvalue weighted by atomic mass is 9.92. The second-order valence-corrected chi connectivity index (χ2v) is 8.40. The number of hydrogen-bond acceptors (Lipinski definition) is 6. The number of aromatic nitrogens is 2. The number of aryl methyl sites for hydroxylation is 1. The lowest BCUT2D eigenvalue weighted by molar-refractivity contribution is -0.123. The molecule has 2 amide bonds. The molecule has 36 heavy (non-hydrogen) atoms. The van der Waals surface area contributed by atoms with Gasteiger partial charge >= 0.3 is 0 Å². The van der Waals surface area contributed by atoms with Crippen LogP contribution in [0.1, 0.15) is 23.5 Å². The third-order valence-corrected chi connectivity index (χ3v) is 5.68. The van der Waals surface area contributed by atoms with Crippen LogP contribution in [0.25, 0.3) is 0 Å². The number of amides is 2. The predicted octanol–water partition coefficient (Wildman–Crippen LogP) is 4.68. The molecule has 180 valence electrons. The average molecular weight is 482 g/mol. The maximum absolute atomic E-state index is 13.1. The number of ether oxygens (including phenoxy) is 1. The van der Waals surface area contributed by atoms with Gasteiger partial charge in [0.15, 0.2) is 0 Å². The van der Waals surface area contributed by atoms with Crippen molar-refractivity contribution >= 4 is 35.0 Å². The highest BCUT2D eigenvalue weighted by molar-refractivity contribution is 6.04. The standard InChI is InChI=1S/C27H23N5O4/c1-16-7-9-18(10-8-16)29-27-31-24-23(26(35)32-27)21(15-22(33)30-24)25(34)28-17-11-13-20(14-12-17)36-19-5-3-2-4-6-19/h2-14,21H,15H2,1H3,(H,28,34)(H3,29,30,31,32,33,35). The van der Waals surface area contributed by atoms with Crippen LogP contribution in [0.15, 0.2) is 83.7 Å². The summed E-state index contributed by atoms with van der Waals surface area (Å²) in [6.07, 6.45) is -0.163. The number of nitrogens with one attached hydrogen (secondary N) is 4. The Bertz CT molecular complexity index is 1470. The third kappa shape index (κ3) is 5.10. The van der Waals surface area contributed by atoms with Crippen molar-refractivity contribution in [1.82, 2.24) is 9.97 Å². The highest BCUT2D eigenvalue weighted by Gasteiger charge is 2.34. The third-order valence-electron chi connectivity index (χ3n) is 5.68. The molecule has 4 aromatic rings. The lowest BCUT2D eigenvalue weighted by Crippen LogP contribution is -2.36. The summed E-state index contributed by atoms with van der Waals surface area (Å²) in [6, 6.07) is 23.7. The molecule has 1 aliphatic rings. The molecule has 1 aromatic heterocycles. The molecule has 1 unspecified atom stereocenters. The highest BCUT2D eigenvalue weighted by atomic mass is 16.5. The molecule has 0 bridgehead atoms. The number of aromatic amines is 1. The molecule has 5 rings (SSSR count). The molecule has 0 spiro atoms. The molecule has 3 aromatic carbocycles. The van der Waals surface area contributed by atoms with Crippen molar-refractivity contribution in [2.24, 2.45) is 0 Å². The van der Waals surface area contributed by atoms with Crippen LogP contribution < -0.4 is 26.2 Å². The van der Waals surface area contributed by atoms with Crippen molar-refractivity contribution < 1.29 is 14.3 Å². The van der Waals surface area contributed by atoms with E-state index in [0.29, 0.717) is 17.2 Å². The van der Waals surface area contributed by atoms with E-state index in [1.54, 1.807) is 24.3 Å². The number of anilines is 4. The van der Waals surface area contributed by atoms with Gasteiger partial charge in [-0.2, -0.15) is 4.98 Å². The summed E-state index contributed by atoms with van der Waals surface area (Å²) in [5.41, 5.74) is 1.94. The Hall–Kier alpha value is -4.92. The fourth-order valence-electron chi connectivity index (χ4n) is 3.89. The molecule has 4 N–H and O–H groups in total. The number of carbonyl (C=O) groups excluding carboxylic acids is 2. The van der Waals surface area contributed by atoms with Gasteiger partial charge in [0.05, 0.1) is 11.5 Å². The maximum Gasteiger partial charge on any atom is 0.258 e. The van der Waals surface area contributed by atoms with Gasteiger partial charge < -0.3 is 20.7 Å². The van der Waals surface area contributed by atoms with Crippen molar-refractivity contribution in [2.45, 2.75) is 19.3 Å². The van der Waals surface area contributed by atoms with Gasteiger partial charge in [0.25, 0.3) is 5.56 Å². The van der Waals surface area contributed by atoms with E-state index in [1.165, 1.54) is 0 Å². The van der Waals surface area contributed by atoms with E-state index in [2.05, 4.69) is 25.9 Å². The fraction of sp³-hybridized carbons (Fsp3) is 0.111. The Kier molecular flexibility index (Phi) is 6.19. The minimum Gasteiger partial charge on any atom is -0.457 e. The number of H-pyrrole nitrogens is 1. The maximum atomic E-state index is 13.1. The van der Waals surface area contributed by atoms with Crippen LogP contribution in [0, 0.1) is 6.92 Å². The molecule has 1 aliphatic heterocycles. The first kappa shape index (κ1) is 22.9. The van der Waals surface area contributed by atoms with Crippen molar-refractivity contribution in [1.29, 1.82) is 0 Å². The van der Waals surface area contributed by atoms with E-state index in [9.17, 15) is 14.4 Å². The zero-order chi connectivity index (χ0) is 25.1. The monoisotopic (exact) mass is 481 g/mol. The lowest BCUT2D eigenvalue weighted by Gasteiger charge is -2.23. The van der Waals surface area contributed by atoms with Crippen LogP contribution in [0.4, 0.5) is 23.1 Å². The van der Waals surface area contributed by atoms with Gasteiger partial charge in [-0.3, -0.25) is 19.4 Å². The number of rotatable bonds is 6. The number of hydrogen-bond donors (Lipinski definition) is 4. The fourth-order valence-corrected chi connectivity index (χ4v) is 3.89. The summed E-state index contributed by atoms with van der Waals surface area (Å²) in [6.45, 7) is 1.97. The van der Waals surface area contributed by atoms with Gasteiger partial charge in [-0.05, 0) is 55.5 Å². The SMILES string of the molecule is Cc1ccc(Nc2nc3c(c(=O)[nH]2)C(C(=O)Nc2ccc(Oc4ccccc4)cc2)CC(=O)N3)cc1. The van der Waals surface area contributed by atoms with Crippen LogP contribution in [-0.2, 0) is 9.59 Å². The Morgan fingerprint density at radius 3 is 2.31 bits per heavy atom. The summed E-state index contributed by atoms with van der Waals surface area (Å²) in [5, 5.41) is 8.40. The first-order valence-electron chi connectivity index (χ1n) is 11.4. The van der Waals surface area contributed by atoms with Crippen molar-refractivity contribution in [2.75, 3.05) is 16.0 Å². The molecule has 0 aliphatic carbocycles. The Balaban J connectivity index is 1.33. The summed E-state index contributed by atoms with van der Waals surface area (Å²) in [4.78, 5) is 45.4. The normalized spacial score (nSPS) is 14.4. The zero-order valence-electron chi connectivity index (χ0n) is 19.4. The Labute approximate surface area is 206 Å². The van der Waals surface area contributed by atoms with Crippen molar-refractivity contribution in [3.05, 3.63) is 100 Å². The topological polar surface area (TPSA) is 125 Å². The van der Waals surface area contributed by atoms with Crippen LogP contribution in [0.3, 0.4) is 0 Å². The van der Waals surface area contributed by atoms with E-state index < -0.39 is 23.3 Å². The molecule has 0 radical (unpaired) electrons. The summed E-state index contributed by atoms with van der Waals surface area (Å²) in [7, 11) is 0. The summed E-state index contributed by atoms with van der Waals surface area (Å²) in [5.74, 6) is -0.325. The van der Waals surface area contributed by atoms with Gasteiger partial charge in [-0.25, -0.2) is 0 Å². The number of para-hydroxylation sites is 1. The smallest absolute Gasteiger partial charge is 0.258 e. The second kappa shape index (κ2) is 9.75. The van der Waals surface area contributed by atoms with Crippen LogP contribution in [0.2, 0.25) is 0 Å². The van der Waals surface area contributed by atoms with Gasteiger partial charge in [0, 0.05) is 17.8 Å². The largest absolute Gasteiger partial charge is 0.457 e. The molecule has 2 heterocycles. The van der Waals surface area contributed by atoms with Gasteiger partial charge in [0.1, 0.15) is 17.3 Å². The van der Waals surface area contributed by atoms with Crippen LogP contribution in [0.5, 0.6) is 11.5 Å². The van der Waals surface area contributed by atoms with Crippen LogP contribution >= 0.6 is 0 Å². The van der Waals surface area contributed by atoms with E-state index in [1.807, 2.05) is 61.5 Å². The molecule has 9 nitrogen and oxygen atoms in total. The predicted molar refractivity (Wildman–Crippen MR) is 137 cm³/mol. The van der Waals surface area contributed by atoms with Gasteiger partial charge in [-0.1, -0.05) is 35.9 Å². The molecule has 0 saturated carbocycles. The number of fused-ring (bicyclic) bond motifs is 1. The zero-order valence-corrected chi connectivity index (χ0v) is 19.4. The molecular weight excluding hydrogens is 458 g/mol. The van der Waals surface area contributed by atoms with E-state index >= 15 is 0 Å². The Morgan fingerprint density at radius 1 is 0.917 bits per heavy atom. The summed E-state index contributed by atoms with van der Waals surface area (Å²) < 4.78 is 5.77. The first-order valence-corrected chi connectivity index (χ1v) is 11.4. The first-order chi connectivity index (χ1) is 17.4. The molecule has 1 atom stereocenters. The van der Waals surface area contributed by atoms with Crippen LogP contribution in [-0.4, -0.2) is 21.8 Å². The minimum absolute atomic E-state index is 0.0661. The summed E-state index contributed by atoms with van der Waals surface area (Å²) >= 11 is 0.